The number of rotatable bonds is 5. The molecule has 146 valence electrons. The van der Waals surface area contributed by atoms with Crippen molar-refractivity contribution in [3.05, 3.63) is 66.9 Å². The van der Waals surface area contributed by atoms with Crippen LogP contribution in [0.2, 0.25) is 0 Å². The third-order valence-corrected chi connectivity index (χ3v) is 5.57. The number of nitrogens with two attached hydrogens (primary N) is 1. The molecule has 0 aliphatic heterocycles. The van der Waals surface area contributed by atoms with Gasteiger partial charge in [0.1, 0.15) is 23.0 Å². The van der Waals surface area contributed by atoms with Crippen molar-refractivity contribution in [3.8, 4) is 22.8 Å². The van der Waals surface area contributed by atoms with Gasteiger partial charge in [0.25, 0.3) is 0 Å². The number of nitrogens with zero attached hydrogens (tertiary/aromatic N) is 3. The number of pyridine rings is 1. The average molecular weight is 386 g/mol. The first-order valence-electron chi connectivity index (χ1n) is 9.80. The van der Waals surface area contributed by atoms with E-state index in [-0.39, 0.29) is 12.6 Å². The monoisotopic (exact) mass is 386 g/mol. The zero-order valence-electron chi connectivity index (χ0n) is 15.9. The number of aliphatic hydroxyl groups is 1. The zero-order chi connectivity index (χ0) is 19.8. The molecule has 4 aromatic rings. The Morgan fingerprint density at radius 1 is 1.00 bits per heavy atom. The molecule has 5 rings (SSSR count). The largest absolute Gasteiger partial charge is 0.457 e. The summed E-state index contributed by atoms with van der Waals surface area (Å²) in [6, 6.07) is 19.8. The van der Waals surface area contributed by atoms with Gasteiger partial charge in [-0.05, 0) is 61.2 Å². The number of hydrogen-bond donors (Lipinski definition) is 2. The minimum absolute atomic E-state index is 0.231. The molecular weight excluding hydrogens is 364 g/mol. The van der Waals surface area contributed by atoms with E-state index < -0.39 is 0 Å². The van der Waals surface area contributed by atoms with Gasteiger partial charge in [-0.15, -0.1) is 0 Å². The smallest absolute Gasteiger partial charge is 0.135 e. The molecule has 2 aromatic carbocycles. The van der Waals surface area contributed by atoms with E-state index in [1.165, 1.54) is 0 Å². The predicted octanol–water partition coefficient (Wildman–Crippen LogP) is 4.42. The molecule has 1 aliphatic rings. The minimum atomic E-state index is 0.231. The van der Waals surface area contributed by atoms with Crippen LogP contribution in [-0.2, 0) is 0 Å². The number of ether oxygens (including phenoxy) is 1. The Labute approximate surface area is 168 Å². The van der Waals surface area contributed by atoms with Gasteiger partial charge in [0.2, 0.25) is 0 Å². The first-order chi connectivity index (χ1) is 14.2. The maximum Gasteiger partial charge on any atom is 0.135 e. The Morgan fingerprint density at radius 3 is 2.45 bits per heavy atom. The van der Waals surface area contributed by atoms with Crippen LogP contribution in [0.3, 0.4) is 0 Å². The molecule has 0 atom stereocenters. The van der Waals surface area contributed by atoms with E-state index in [0.717, 1.165) is 46.5 Å². The molecule has 0 bridgehead atoms. The minimum Gasteiger partial charge on any atom is -0.457 e. The number of aromatic nitrogens is 3. The van der Waals surface area contributed by atoms with Crippen LogP contribution < -0.4 is 10.5 Å². The maximum absolute atomic E-state index is 9.35. The molecule has 0 radical (unpaired) electrons. The number of aliphatic hydroxyl groups excluding tert-OH is 1. The Kier molecular flexibility index (Phi) is 4.41. The first-order valence-corrected chi connectivity index (χ1v) is 9.80. The van der Waals surface area contributed by atoms with E-state index in [4.69, 9.17) is 15.6 Å². The molecule has 6 heteroatoms. The highest BCUT2D eigenvalue weighted by Crippen LogP contribution is 2.41. The molecule has 0 spiro atoms. The van der Waals surface area contributed by atoms with Crippen molar-refractivity contribution in [1.82, 2.24) is 14.8 Å². The molecule has 1 saturated carbocycles. The molecule has 29 heavy (non-hydrogen) atoms. The lowest BCUT2D eigenvalue weighted by atomic mass is 9.81. The van der Waals surface area contributed by atoms with Crippen LogP contribution in [0.15, 0.2) is 66.9 Å². The summed E-state index contributed by atoms with van der Waals surface area (Å²) in [4.78, 5) is 4.27. The van der Waals surface area contributed by atoms with Crippen LogP contribution in [-0.4, -0.2) is 26.5 Å². The summed E-state index contributed by atoms with van der Waals surface area (Å²) in [6.45, 7) is 0.231. The van der Waals surface area contributed by atoms with Crippen molar-refractivity contribution in [3.63, 3.8) is 0 Å². The molecule has 2 aromatic heterocycles. The first kappa shape index (κ1) is 17.7. The van der Waals surface area contributed by atoms with Gasteiger partial charge >= 0.3 is 0 Å². The third-order valence-electron chi connectivity index (χ3n) is 5.57. The van der Waals surface area contributed by atoms with Crippen molar-refractivity contribution in [2.75, 3.05) is 12.3 Å². The second-order valence-electron chi connectivity index (χ2n) is 7.50. The van der Waals surface area contributed by atoms with Crippen LogP contribution in [0.1, 0.15) is 18.9 Å². The molecule has 0 amide bonds. The van der Waals surface area contributed by atoms with E-state index in [2.05, 4.69) is 4.98 Å². The van der Waals surface area contributed by atoms with Crippen molar-refractivity contribution in [1.29, 1.82) is 0 Å². The number of fused-ring (bicyclic) bond motifs is 1. The molecule has 1 aliphatic carbocycles. The topological polar surface area (TPSA) is 86.2 Å². The maximum atomic E-state index is 9.35. The van der Waals surface area contributed by atoms with Crippen molar-refractivity contribution >= 4 is 16.7 Å². The van der Waals surface area contributed by atoms with E-state index >= 15 is 0 Å². The molecule has 6 nitrogen and oxygen atoms in total. The summed E-state index contributed by atoms with van der Waals surface area (Å²) < 4.78 is 7.93. The van der Waals surface area contributed by atoms with Gasteiger partial charge in [0.05, 0.1) is 16.9 Å². The highest BCUT2D eigenvalue weighted by atomic mass is 16.5. The normalized spacial score (nSPS) is 18.5. The number of nitrogen functional groups attached to an aromatic ring is 1. The zero-order valence-corrected chi connectivity index (χ0v) is 15.9. The molecule has 3 N–H and O–H groups in total. The summed E-state index contributed by atoms with van der Waals surface area (Å²) in [5.41, 5.74) is 9.00. The molecule has 1 fully saturated rings. The van der Waals surface area contributed by atoms with Gasteiger partial charge in [-0.1, -0.05) is 18.2 Å². The van der Waals surface area contributed by atoms with Crippen molar-refractivity contribution < 1.29 is 9.84 Å². The summed E-state index contributed by atoms with van der Waals surface area (Å²) in [5, 5.41) is 15.1. The molecule has 2 heterocycles. The predicted molar refractivity (Wildman–Crippen MR) is 113 cm³/mol. The Hall–Kier alpha value is -3.38. The lowest BCUT2D eigenvalue weighted by Gasteiger charge is -2.34. The van der Waals surface area contributed by atoms with Crippen LogP contribution >= 0.6 is 0 Å². The van der Waals surface area contributed by atoms with Gasteiger partial charge < -0.3 is 15.6 Å². The second kappa shape index (κ2) is 7.22. The Balaban J connectivity index is 1.50. The molecular formula is C23H22N4O2. The van der Waals surface area contributed by atoms with Gasteiger partial charge in [-0.2, -0.15) is 5.10 Å². The van der Waals surface area contributed by atoms with Crippen molar-refractivity contribution in [2.24, 2.45) is 5.92 Å². The summed E-state index contributed by atoms with van der Waals surface area (Å²) in [5.74, 6) is 2.40. The fourth-order valence-electron chi connectivity index (χ4n) is 3.95. The fraction of sp³-hybridized carbons (Fsp3) is 0.217. The fourth-order valence-corrected chi connectivity index (χ4v) is 3.95. The number of para-hydroxylation sites is 1. The van der Waals surface area contributed by atoms with Crippen molar-refractivity contribution in [2.45, 2.75) is 18.9 Å². The van der Waals surface area contributed by atoms with Gasteiger partial charge in [0.15, 0.2) is 0 Å². The van der Waals surface area contributed by atoms with Crippen LogP contribution in [0.4, 0.5) is 5.82 Å². The van der Waals surface area contributed by atoms with Gasteiger partial charge in [-0.25, -0.2) is 4.98 Å². The number of hydrogen-bond acceptors (Lipinski definition) is 5. The molecule has 0 unspecified atom stereocenters. The standard InChI is InChI=1S/C23H22N4O2/c24-23-21-20(10-11-25-23)27(17-12-15(13-17)14-28)26-22(21)16-6-8-19(9-7-16)29-18-4-2-1-3-5-18/h1-11,15,17,28H,12-14H2,(H2,24,25). The SMILES string of the molecule is Nc1nccc2c1c(-c1ccc(Oc3ccccc3)cc1)nn2C1CC(CO)C1. The molecule has 0 saturated heterocycles. The van der Waals surface area contributed by atoms with Gasteiger partial charge in [0, 0.05) is 18.4 Å². The quantitative estimate of drug-likeness (QED) is 0.530. The van der Waals surface area contributed by atoms with E-state index in [0.29, 0.717) is 11.7 Å². The van der Waals surface area contributed by atoms with E-state index in [1.807, 2.05) is 65.3 Å². The highest BCUT2D eigenvalue weighted by Gasteiger charge is 2.32. The third kappa shape index (κ3) is 3.21. The average Bonchev–Trinajstić information content (AvgIpc) is 3.09. The summed E-state index contributed by atoms with van der Waals surface area (Å²) in [7, 11) is 0. The number of anilines is 1. The summed E-state index contributed by atoms with van der Waals surface area (Å²) >= 11 is 0. The van der Waals surface area contributed by atoms with E-state index in [1.54, 1.807) is 6.20 Å². The lowest BCUT2D eigenvalue weighted by molar-refractivity contribution is 0.108. The highest BCUT2D eigenvalue weighted by molar-refractivity contribution is 6.00. The van der Waals surface area contributed by atoms with E-state index in [9.17, 15) is 5.11 Å². The number of benzene rings is 2. The Bertz CT molecular complexity index is 1130. The van der Waals surface area contributed by atoms with Crippen LogP contribution in [0, 0.1) is 5.92 Å². The van der Waals surface area contributed by atoms with Crippen LogP contribution in [0.5, 0.6) is 11.5 Å². The second-order valence-corrected chi connectivity index (χ2v) is 7.50. The lowest BCUT2D eigenvalue weighted by Crippen LogP contribution is -2.29. The Morgan fingerprint density at radius 2 is 1.72 bits per heavy atom. The van der Waals surface area contributed by atoms with Gasteiger partial charge in [-0.3, -0.25) is 4.68 Å². The van der Waals surface area contributed by atoms with Crippen LogP contribution in [0.25, 0.3) is 22.2 Å². The summed E-state index contributed by atoms with van der Waals surface area (Å²) in [6.07, 6.45) is 3.58.